The summed E-state index contributed by atoms with van der Waals surface area (Å²) in [5.41, 5.74) is 6.51. The smallest absolute Gasteiger partial charge is 0.408 e. The lowest BCUT2D eigenvalue weighted by atomic mass is 10.1. The van der Waals surface area contributed by atoms with E-state index in [1.165, 1.54) is 0 Å². The molecule has 0 spiro atoms. The van der Waals surface area contributed by atoms with E-state index in [0.29, 0.717) is 32.2 Å². The number of amides is 1. The van der Waals surface area contributed by atoms with Crippen LogP contribution in [0.25, 0.3) is 0 Å². The van der Waals surface area contributed by atoms with E-state index in [0.717, 1.165) is 16.9 Å². The van der Waals surface area contributed by atoms with Crippen molar-refractivity contribution in [2.45, 2.75) is 38.1 Å². The van der Waals surface area contributed by atoms with Crippen LogP contribution in [0.2, 0.25) is 0 Å². The van der Waals surface area contributed by atoms with Gasteiger partial charge in [-0.3, -0.25) is 4.90 Å². The van der Waals surface area contributed by atoms with Crippen molar-refractivity contribution in [2.24, 2.45) is 5.73 Å². The molecule has 0 aromatic heterocycles. The van der Waals surface area contributed by atoms with E-state index in [1.807, 2.05) is 30.3 Å². The molecule has 122 valence electrons. The fourth-order valence-corrected chi connectivity index (χ4v) is 2.38. The van der Waals surface area contributed by atoms with Crippen molar-refractivity contribution in [1.29, 1.82) is 0 Å². The minimum Gasteiger partial charge on any atom is -0.480 e. The number of nitrogens with two attached hydrogens (primary N) is 1. The van der Waals surface area contributed by atoms with Crippen LogP contribution in [0.5, 0.6) is 0 Å². The number of benzene rings is 1. The second-order valence-electron chi connectivity index (χ2n) is 5.20. The third-order valence-electron chi connectivity index (χ3n) is 3.55. The monoisotopic (exact) mass is 308 g/mol. The third-order valence-corrected chi connectivity index (χ3v) is 3.55. The van der Waals surface area contributed by atoms with Crippen LogP contribution in [-0.4, -0.2) is 46.3 Å². The fourth-order valence-electron chi connectivity index (χ4n) is 2.38. The first-order chi connectivity index (χ1) is 10.6. The summed E-state index contributed by atoms with van der Waals surface area (Å²) in [6, 6.07) is 8.72. The normalized spacial score (nSPS) is 11.9. The molecule has 0 aliphatic heterocycles. The van der Waals surface area contributed by atoms with Gasteiger partial charge in [-0.15, -0.1) is 0 Å². The molecule has 1 atom stereocenters. The van der Waals surface area contributed by atoms with Crippen LogP contribution in [0.1, 0.15) is 31.2 Å². The summed E-state index contributed by atoms with van der Waals surface area (Å²) in [7, 11) is 0. The number of unbranched alkanes of at least 4 members (excludes halogenated alkanes) is 1. The van der Waals surface area contributed by atoms with E-state index in [1.54, 1.807) is 0 Å². The van der Waals surface area contributed by atoms with Crippen molar-refractivity contribution >= 4 is 12.1 Å². The maximum atomic E-state index is 11.4. The molecule has 1 aromatic rings. The maximum Gasteiger partial charge on any atom is 0.408 e. The second-order valence-corrected chi connectivity index (χ2v) is 5.20. The van der Waals surface area contributed by atoms with Crippen molar-refractivity contribution in [3.05, 3.63) is 35.9 Å². The first-order valence-electron chi connectivity index (χ1n) is 7.52. The average molecular weight is 308 g/mol. The highest BCUT2D eigenvalue weighted by Gasteiger charge is 2.28. The lowest BCUT2D eigenvalue weighted by Crippen LogP contribution is -2.45. The van der Waals surface area contributed by atoms with Crippen molar-refractivity contribution < 1.29 is 19.8 Å². The molecule has 6 nitrogen and oxygen atoms in total. The zero-order valence-electron chi connectivity index (χ0n) is 12.6. The number of carboxylic acid groups (broad SMARTS) is 2. The van der Waals surface area contributed by atoms with Crippen molar-refractivity contribution in [1.82, 2.24) is 4.90 Å². The first kappa shape index (κ1) is 18.0. The average Bonchev–Trinajstić information content (AvgIpc) is 2.49. The Bertz CT molecular complexity index is 464. The Balaban J connectivity index is 2.57. The van der Waals surface area contributed by atoms with Gasteiger partial charge in [0, 0.05) is 6.54 Å². The highest BCUT2D eigenvalue weighted by atomic mass is 16.4. The standard InChI is InChI=1S/C16H24N2O4/c17-11-5-4-10-14(15(19)20)18(16(21)22)12-6-9-13-7-2-1-3-8-13/h1-3,7-8,14H,4-6,9-12,17H2,(H,19,20)(H,21,22). The number of carbonyl (C=O) groups is 2. The van der Waals surface area contributed by atoms with E-state index in [4.69, 9.17) is 5.73 Å². The number of nitrogens with zero attached hydrogens (tertiary/aromatic N) is 1. The first-order valence-corrected chi connectivity index (χ1v) is 7.52. The Morgan fingerprint density at radius 1 is 1.09 bits per heavy atom. The van der Waals surface area contributed by atoms with Gasteiger partial charge >= 0.3 is 12.1 Å². The highest BCUT2D eigenvalue weighted by Crippen LogP contribution is 2.12. The van der Waals surface area contributed by atoms with Crippen LogP contribution in [0.15, 0.2) is 30.3 Å². The minimum atomic E-state index is -1.19. The number of aryl methyl sites for hydroxylation is 1. The van der Waals surface area contributed by atoms with E-state index >= 15 is 0 Å². The molecule has 1 rings (SSSR count). The number of aliphatic carboxylic acids is 1. The summed E-state index contributed by atoms with van der Waals surface area (Å²) >= 11 is 0. The summed E-state index contributed by atoms with van der Waals surface area (Å²) in [4.78, 5) is 23.7. The van der Waals surface area contributed by atoms with Gasteiger partial charge in [-0.1, -0.05) is 30.3 Å². The molecular formula is C16H24N2O4. The number of hydrogen-bond donors (Lipinski definition) is 3. The predicted molar refractivity (Wildman–Crippen MR) is 83.8 cm³/mol. The highest BCUT2D eigenvalue weighted by molar-refractivity contribution is 5.79. The zero-order chi connectivity index (χ0) is 16.4. The number of carboxylic acids is 1. The third kappa shape index (κ3) is 6.13. The quantitative estimate of drug-likeness (QED) is 0.575. The summed E-state index contributed by atoms with van der Waals surface area (Å²) in [5.74, 6) is -1.10. The van der Waals surface area contributed by atoms with Crippen LogP contribution in [0, 0.1) is 0 Å². The topological polar surface area (TPSA) is 104 Å². The largest absolute Gasteiger partial charge is 0.480 e. The van der Waals surface area contributed by atoms with Crippen LogP contribution in [-0.2, 0) is 11.2 Å². The molecule has 1 unspecified atom stereocenters. The molecule has 0 saturated carbocycles. The van der Waals surface area contributed by atoms with Crippen molar-refractivity contribution in [3.8, 4) is 0 Å². The van der Waals surface area contributed by atoms with Gasteiger partial charge in [0.2, 0.25) is 0 Å². The van der Waals surface area contributed by atoms with Crippen LogP contribution in [0.4, 0.5) is 4.79 Å². The predicted octanol–water partition coefficient (Wildman–Crippen LogP) is 2.18. The Labute approximate surface area is 130 Å². The van der Waals surface area contributed by atoms with E-state index in [-0.39, 0.29) is 6.54 Å². The number of rotatable bonds is 10. The van der Waals surface area contributed by atoms with Crippen LogP contribution in [0.3, 0.4) is 0 Å². The van der Waals surface area contributed by atoms with Gasteiger partial charge in [0.1, 0.15) is 6.04 Å². The van der Waals surface area contributed by atoms with Gasteiger partial charge in [-0.2, -0.15) is 0 Å². The van der Waals surface area contributed by atoms with E-state index in [9.17, 15) is 19.8 Å². The molecule has 0 bridgehead atoms. The van der Waals surface area contributed by atoms with Gasteiger partial charge in [0.25, 0.3) is 0 Å². The Kier molecular flexibility index (Phi) is 7.99. The van der Waals surface area contributed by atoms with Gasteiger partial charge in [0.05, 0.1) is 0 Å². The van der Waals surface area contributed by atoms with Gasteiger partial charge in [-0.05, 0) is 44.2 Å². The molecule has 0 radical (unpaired) electrons. The van der Waals surface area contributed by atoms with Crippen molar-refractivity contribution in [2.75, 3.05) is 13.1 Å². The van der Waals surface area contributed by atoms with Gasteiger partial charge in [-0.25, -0.2) is 9.59 Å². The van der Waals surface area contributed by atoms with Crippen molar-refractivity contribution in [3.63, 3.8) is 0 Å². The van der Waals surface area contributed by atoms with E-state index in [2.05, 4.69) is 0 Å². The molecule has 1 amide bonds. The molecule has 0 aliphatic rings. The van der Waals surface area contributed by atoms with Gasteiger partial charge < -0.3 is 15.9 Å². The summed E-state index contributed by atoms with van der Waals surface area (Å²) in [5, 5.41) is 18.6. The summed E-state index contributed by atoms with van der Waals surface area (Å²) in [6.07, 6.45) is 1.73. The molecule has 0 saturated heterocycles. The molecule has 0 aliphatic carbocycles. The lowest BCUT2D eigenvalue weighted by molar-refractivity contribution is -0.143. The molecule has 22 heavy (non-hydrogen) atoms. The Morgan fingerprint density at radius 2 is 1.77 bits per heavy atom. The van der Waals surface area contributed by atoms with Crippen LogP contribution < -0.4 is 5.73 Å². The SMILES string of the molecule is NCCCCC(C(=O)O)N(CCCc1ccccc1)C(=O)O. The van der Waals surface area contributed by atoms with E-state index < -0.39 is 18.1 Å². The molecule has 1 aromatic carbocycles. The summed E-state index contributed by atoms with van der Waals surface area (Å²) < 4.78 is 0. The lowest BCUT2D eigenvalue weighted by Gasteiger charge is -2.26. The minimum absolute atomic E-state index is 0.212. The zero-order valence-corrected chi connectivity index (χ0v) is 12.6. The molecule has 4 N–H and O–H groups in total. The van der Waals surface area contributed by atoms with Crippen LogP contribution >= 0.6 is 0 Å². The molecule has 0 fully saturated rings. The maximum absolute atomic E-state index is 11.4. The number of hydrogen-bond acceptors (Lipinski definition) is 3. The summed E-state index contributed by atoms with van der Waals surface area (Å²) in [6.45, 7) is 0.692. The fraction of sp³-hybridized carbons (Fsp3) is 0.500. The molecule has 0 heterocycles. The van der Waals surface area contributed by atoms with Gasteiger partial charge in [0.15, 0.2) is 0 Å². The molecular weight excluding hydrogens is 284 g/mol. The second kappa shape index (κ2) is 9.78. The molecule has 6 heteroatoms. The Morgan fingerprint density at radius 3 is 2.32 bits per heavy atom. The Hall–Kier alpha value is -2.08.